The van der Waals surface area contributed by atoms with Crippen LogP contribution in [0.4, 0.5) is 5.69 Å². The molecule has 2 aromatic rings. The molecule has 12 heteroatoms. The molecule has 1 atom stereocenters. The molecule has 0 bridgehead atoms. The van der Waals surface area contributed by atoms with E-state index in [-0.39, 0.29) is 33.7 Å². The lowest BCUT2D eigenvalue weighted by Gasteiger charge is -2.28. The number of sulfonamides is 1. The predicted molar refractivity (Wildman–Crippen MR) is 144 cm³/mol. The van der Waals surface area contributed by atoms with Gasteiger partial charge < -0.3 is 20.4 Å². The SMILES string of the molecule is CC1=C(C(=O)Nc2ccc(S(N)(=O)=O)cc2)[C@@H](c2ccco2)C(C#N)=C(SCC(=O)NC2CCCCC2)N1. The molecule has 0 unspecified atom stereocenters. The number of primary sulfonamides is 1. The fourth-order valence-electron chi connectivity index (χ4n) is 4.65. The number of nitrogens with one attached hydrogen (secondary N) is 3. The number of hydrogen-bond acceptors (Lipinski definition) is 8. The Morgan fingerprint density at radius 1 is 1.18 bits per heavy atom. The molecule has 1 aromatic heterocycles. The Labute approximate surface area is 225 Å². The van der Waals surface area contributed by atoms with Gasteiger partial charge in [-0.1, -0.05) is 31.0 Å². The summed E-state index contributed by atoms with van der Waals surface area (Å²) in [7, 11) is -3.87. The lowest BCUT2D eigenvalue weighted by molar-refractivity contribution is -0.119. The molecular formula is C26H29N5O5S2. The van der Waals surface area contributed by atoms with E-state index in [0.717, 1.165) is 25.7 Å². The Balaban J connectivity index is 1.55. The zero-order valence-electron chi connectivity index (χ0n) is 20.8. The summed E-state index contributed by atoms with van der Waals surface area (Å²) >= 11 is 1.21. The molecule has 10 nitrogen and oxygen atoms in total. The van der Waals surface area contributed by atoms with Crippen molar-refractivity contribution in [2.45, 2.75) is 55.9 Å². The van der Waals surface area contributed by atoms with Crippen LogP contribution in [0, 0.1) is 11.3 Å². The maximum absolute atomic E-state index is 13.4. The molecular weight excluding hydrogens is 526 g/mol. The minimum absolute atomic E-state index is 0.0809. The smallest absolute Gasteiger partial charge is 0.254 e. The fraction of sp³-hybridized carbons (Fsp3) is 0.346. The summed E-state index contributed by atoms with van der Waals surface area (Å²) in [5.41, 5.74) is 1.38. The van der Waals surface area contributed by atoms with Gasteiger partial charge in [0.1, 0.15) is 5.76 Å². The van der Waals surface area contributed by atoms with Crippen LogP contribution in [0.3, 0.4) is 0 Å². The number of carbonyl (C=O) groups excluding carboxylic acids is 2. The summed E-state index contributed by atoms with van der Waals surface area (Å²) in [6.45, 7) is 1.71. The molecule has 5 N–H and O–H groups in total. The van der Waals surface area contributed by atoms with E-state index in [1.165, 1.54) is 48.7 Å². The van der Waals surface area contributed by atoms with Crippen molar-refractivity contribution in [3.63, 3.8) is 0 Å². The summed E-state index contributed by atoms with van der Waals surface area (Å²) in [6.07, 6.45) is 6.84. The molecule has 1 aliphatic carbocycles. The summed E-state index contributed by atoms with van der Waals surface area (Å²) in [6, 6.07) is 11.2. The van der Waals surface area contributed by atoms with Gasteiger partial charge in [-0.05, 0) is 56.2 Å². The number of amides is 2. The molecule has 1 aromatic carbocycles. The highest BCUT2D eigenvalue weighted by atomic mass is 32.2. The van der Waals surface area contributed by atoms with Gasteiger partial charge in [-0.15, -0.1) is 0 Å². The minimum Gasteiger partial charge on any atom is -0.468 e. The highest BCUT2D eigenvalue weighted by Crippen LogP contribution is 2.41. The van der Waals surface area contributed by atoms with Crippen molar-refractivity contribution < 1.29 is 22.4 Å². The van der Waals surface area contributed by atoms with Crippen LogP contribution >= 0.6 is 11.8 Å². The Bertz CT molecular complexity index is 1400. The number of carbonyl (C=O) groups is 2. The normalized spacial score (nSPS) is 18.5. The number of anilines is 1. The number of furan rings is 1. The zero-order chi connectivity index (χ0) is 27.3. The van der Waals surface area contributed by atoms with Gasteiger partial charge in [0, 0.05) is 17.4 Å². The average Bonchev–Trinajstić information content (AvgIpc) is 3.42. The Kier molecular flexibility index (Phi) is 8.61. The molecule has 2 aliphatic rings. The number of thioether (sulfide) groups is 1. The van der Waals surface area contributed by atoms with Crippen molar-refractivity contribution in [1.29, 1.82) is 5.26 Å². The first-order valence-corrected chi connectivity index (χ1v) is 14.7. The van der Waals surface area contributed by atoms with Crippen molar-refractivity contribution in [3.05, 3.63) is 70.3 Å². The topological polar surface area (TPSA) is 167 Å². The van der Waals surface area contributed by atoms with E-state index >= 15 is 0 Å². The molecule has 2 amide bonds. The number of nitrogens with zero attached hydrogens (tertiary/aromatic N) is 1. The maximum Gasteiger partial charge on any atom is 0.254 e. The minimum atomic E-state index is -3.87. The maximum atomic E-state index is 13.4. The molecule has 1 fully saturated rings. The van der Waals surface area contributed by atoms with Crippen LogP contribution in [-0.2, 0) is 19.6 Å². The highest BCUT2D eigenvalue weighted by Gasteiger charge is 2.36. The van der Waals surface area contributed by atoms with E-state index in [1.54, 1.807) is 19.1 Å². The van der Waals surface area contributed by atoms with Crippen molar-refractivity contribution >= 4 is 39.3 Å². The summed E-state index contributed by atoms with van der Waals surface area (Å²) < 4.78 is 28.7. The predicted octanol–water partition coefficient (Wildman–Crippen LogP) is 3.44. The first kappa shape index (κ1) is 27.5. The number of dihydropyridines is 1. The Hall–Kier alpha value is -3.53. The van der Waals surface area contributed by atoms with Crippen molar-refractivity contribution in [3.8, 4) is 6.07 Å². The molecule has 0 spiro atoms. The zero-order valence-corrected chi connectivity index (χ0v) is 22.5. The Morgan fingerprint density at radius 2 is 1.89 bits per heavy atom. The van der Waals surface area contributed by atoms with Crippen molar-refractivity contribution in [2.24, 2.45) is 5.14 Å². The lowest BCUT2D eigenvalue weighted by Crippen LogP contribution is -2.37. The Morgan fingerprint density at radius 3 is 2.50 bits per heavy atom. The molecule has 1 saturated carbocycles. The summed E-state index contributed by atoms with van der Waals surface area (Å²) in [4.78, 5) is 25.9. The van der Waals surface area contributed by atoms with Crippen molar-refractivity contribution in [1.82, 2.24) is 10.6 Å². The van der Waals surface area contributed by atoms with Gasteiger partial charge in [0.05, 0.1) is 45.1 Å². The van der Waals surface area contributed by atoms with Gasteiger partial charge in [-0.25, -0.2) is 13.6 Å². The molecule has 38 heavy (non-hydrogen) atoms. The number of rotatable bonds is 8. The standard InChI is InChI=1S/C26H29N5O5S2/c1-16-23(25(33)31-18-9-11-19(12-10-18)38(28,34)35)24(21-8-5-13-36-21)20(14-27)26(29-16)37-15-22(32)30-17-6-3-2-4-7-17/h5,8-13,17,24,29H,2-4,6-7,15H2,1H3,(H,30,32)(H,31,33)(H2,28,34,35)/t24-/m1/s1. The molecule has 2 heterocycles. The van der Waals surface area contributed by atoms with Gasteiger partial charge >= 0.3 is 0 Å². The van der Waals surface area contributed by atoms with Crippen molar-refractivity contribution in [2.75, 3.05) is 11.1 Å². The van der Waals surface area contributed by atoms with E-state index in [1.807, 2.05) is 0 Å². The largest absolute Gasteiger partial charge is 0.468 e. The second kappa shape index (κ2) is 11.9. The van der Waals surface area contributed by atoms with E-state index in [4.69, 9.17) is 9.56 Å². The van der Waals surface area contributed by atoms with Gasteiger partial charge in [0.25, 0.3) is 5.91 Å². The van der Waals surface area contributed by atoms with E-state index in [2.05, 4.69) is 22.0 Å². The molecule has 0 radical (unpaired) electrons. The van der Waals surface area contributed by atoms with Crippen LogP contribution in [-0.4, -0.2) is 32.0 Å². The number of allylic oxidation sites excluding steroid dienone is 2. The number of nitrogens with two attached hydrogens (primary N) is 1. The van der Waals surface area contributed by atoms with E-state index in [9.17, 15) is 23.3 Å². The van der Waals surface area contributed by atoms with E-state index < -0.39 is 21.8 Å². The summed E-state index contributed by atoms with van der Waals surface area (Å²) in [5.74, 6) is -0.867. The van der Waals surface area contributed by atoms with Crippen LogP contribution in [0.5, 0.6) is 0 Å². The quantitative estimate of drug-likeness (QED) is 0.384. The molecule has 0 saturated heterocycles. The van der Waals surface area contributed by atoms with E-state index in [0.29, 0.717) is 22.2 Å². The fourth-order valence-corrected chi connectivity index (χ4v) is 6.07. The summed E-state index contributed by atoms with van der Waals surface area (Å²) in [5, 5.41) is 24.7. The molecule has 4 rings (SSSR count). The van der Waals surface area contributed by atoms with Crippen LogP contribution in [0.1, 0.15) is 50.7 Å². The van der Waals surface area contributed by atoms with Crippen LogP contribution in [0.15, 0.2) is 73.8 Å². The van der Waals surface area contributed by atoms with Gasteiger partial charge in [0.2, 0.25) is 15.9 Å². The molecule has 200 valence electrons. The van der Waals surface area contributed by atoms with Crippen LogP contribution < -0.4 is 21.1 Å². The second-order valence-corrected chi connectivity index (χ2v) is 11.7. The third-order valence-electron chi connectivity index (χ3n) is 6.48. The number of benzene rings is 1. The number of hydrogen-bond donors (Lipinski definition) is 4. The monoisotopic (exact) mass is 555 g/mol. The lowest BCUT2D eigenvalue weighted by atomic mass is 9.85. The first-order chi connectivity index (χ1) is 18.2. The first-order valence-electron chi connectivity index (χ1n) is 12.2. The van der Waals surface area contributed by atoms with Crippen LogP contribution in [0.2, 0.25) is 0 Å². The number of nitriles is 1. The second-order valence-electron chi connectivity index (χ2n) is 9.18. The van der Waals surface area contributed by atoms with Crippen LogP contribution in [0.25, 0.3) is 0 Å². The third kappa shape index (κ3) is 6.48. The van der Waals surface area contributed by atoms with Gasteiger partial charge in [-0.2, -0.15) is 5.26 Å². The third-order valence-corrected chi connectivity index (χ3v) is 8.42. The van der Waals surface area contributed by atoms with Gasteiger partial charge in [0.15, 0.2) is 0 Å². The van der Waals surface area contributed by atoms with Gasteiger partial charge in [-0.3, -0.25) is 9.59 Å². The average molecular weight is 556 g/mol. The molecule has 1 aliphatic heterocycles. The highest BCUT2D eigenvalue weighted by molar-refractivity contribution is 8.03.